The van der Waals surface area contributed by atoms with Crippen molar-refractivity contribution < 1.29 is 38.3 Å². The van der Waals surface area contributed by atoms with Gasteiger partial charge in [0.25, 0.3) is 11.8 Å². The molecule has 0 bridgehead atoms. The van der Waals surface area contributed by atoms with E-state index < -0.39 is 48.3 Å². The molecule has 1 aromatic carbocycles. The number of ether oxygens (including phenoxy) is 1. The maximum absolute atomic E-state index is 12.3. The molecule has 1 unspecified atom stereocenters. The summed E-state index contributed by atoms with van der Waals surface area (Å²) in [6.45, 7) is -0.718. The summed E-state index contributed by atoms with van der Waals surface area (Å²) in [5.74, 6) is -3.88. The minimum atomic E-state index is -1.22. The lowest BCUT2D eigenvalue weighted by molar-refractivity contribution is -0.196. The summed E-state index contributed by atoms with van der Waals surface area (Å²) < 4.78 is 5.03. The quantitative estimate of drug-likeness (QED) is 0.404. The Morgan fingerprint density at radius 2 is 1.71 bits per heavy atom. The minimum absolute atomic E-state index is 0.0406. The van der Waals surface area contributed by atoms with Gasteiger partial charge >= 0.3 is 12.1 Å². The number of amides is 5. The first kappa shape index (κ1) is 23.3. The number of carbonyl (C=O) groups is 6. The van der Waals surface area contributed by atoms with Gasteiger partial charge in [0.2, 0.25) is 11.8 Å². The number of rotatable bonds is 10. The van der Waals surface area contributed by atoms with Crippen LogP contribution in [-0.2, 0) is 40.2 Å². The number of nitrogens with one attached hydrogen (secondary N) is 2. The molecule has 4 N–H and O–H groups in total. The van der Waals surface area contributed by atoms with Crippen molar-refractivity contribution in [2.75, 3.05) is 6.54 Å². The standard InChI is InChI=1S/C19H22N4O8/c20-14(24)7-6-13(22-19(29)30-11-12-4-2-1-3-5-12)18(28)21-10-17(27)31-23-15(25)8-9-16(23)26/h1-5,13H,6-11H2,(H2,20,24)(H,21,28)(H,22,29). The summed E-state index contributed by atoms with van der Waals surface area (Å²) >= 11 is 0. The van der Waals surface area contributed by atoms with Crippen molar-refractivity contribution in [3.8, 4) is 0 Å². The third-order valence-electron chi connectivity index (χ3n) is 4.11. The lowest BCUT2D eigenvalue weighted by Crippen LogP contribution is -2.49. The van der Waals surface area contributed by atoms with Crippen molar-refractivity contribution >= 4 is 35.7 Å². The fourth-order valence-corrected chi connectivity index (χ4v) is 2.54. The monoisotopic (exact) mass is 434 g/mol. The number of nitrogens with zero attached hydrogens (tertiary/aromatic N) is 1. The lowest BCUT2D eigenvalue weighted by atomic mass is 10.1. The molecule has 12 nitrogen and oxygen atoms in total. The van der Waals surface area contributed by atoms with Crippen LogP contribution in [0.1, 0.15) is 31.2 Å². The van der Waals surface area contributed by atoms with Gasteiger partial charge in [-0.1, -0.05) is 30.3 Å². The van der Waals surface area contributed by atoms with Gasteiger partial charge in [0.1, 0.15) is 19.2 Å². The largest absolute Gasteiger partial charge is 0.445 e. The minimum Gasteiger partial charge on any atom is -0.445 e. The molecule has 2 rings (SSSR count). The molecule has 1 saturated heterocycles. The van der Waals surface area contributed by atoms with E-state index in [1.54, 1.807) is 30.3 Å². The molecule has 12 heteroatoms. The Morgan fingerprint density at radius 1 is 1.06 bits per heavy atom. The number of imide groups is 1. The summed E-state index contributed by atoms with van der Waals surface area (Å²) in [5, 5.41) is 4.85. The third kappa shape index (κ3) is 7.76. The molecule has 0 saturated carbocycles. The summed E-state index contributed by atoms with van der Waals surface area (Å²) in [5.41, 5.74) is 5.81. The molecule has 1 fully saturated rings. The zero-order chi connectivity index (χ0) is 22.8. The summed E-state index contributed by atoms with van der Waals surface area (Å²) in [6, 6.07) is 7.59. The molecule has 0 spiro atoms. The molecule has 0 radical (unpaired) electrons. The van der Waals surface area contributed by atoms with Crippen LogP contribution in [0.2, 0.25) is 0 Å². The fourth-order valence-electron chi connectivity index (χ4n) is 2.54. The van der Waals surface area contributed by atoms with E-state index >= 15 is 0 Å². The maximum atomic E-state index is 12.3. The smallest absolute Gasteiger partial charge is 0.408 e. The van der Waals surface area contributed by atoms with E-state index in [1.807, 2.05) is 0 Å². The number of carbonyl (C=O) groups excluding carboxylic acids is 6. The normalized spacial score (nSPS) is 14.0. The second-order valence-corrected chi connectivity index (χ2v) is 6.53. The van der Waals surface area contributed by atoms with Crippen molar-refractivity contribution in [2.24, 2.45) is 5.73 Å². The highest BCUT2D eigenvalue weighted by molar-refractivity contribution is 6.01. The van der Waals surface area contributed by atoms with Crippen LogP contribution in [0.3, 0.4) is 0 Å². The van der Waals surface area contributed by atoms with Crippen LogP contribution >= 0.6 is 0 Å². The Labute approximate surface area is 177 Å². The van der Waals surface area contributed by atoms with Crippen LogP contribution in [0.4, 0.5) is 4.79 Å². The maximum Gasteiger partial charge on any atom is 0.408 e. The van der Waals surface area contributed by atoms with Gasteiger partial charge in [0, 0.05) is 19.3 Å². The van der Waals surface area contributed by atoms with E-state index in [1.165, 1.54) is 0 Å². The number of alkyl carbamates (subject to hydrolysis) is 1. The van der Waals surface area contributed by atoms with E-state index in [0.29, 0.717) is 5.06 Å². The van der Waals surface area contributed by atoms with Crippen LogP contribution in [-0.4, -0.2) is 53.3 Å². The molecular weight excluding hydrogens is 412 g/mol. The SMILES string of the molecule is NC(=O)CCC(NC(=O)OCc1ccccc1)C(=O)NCC(=O)ON1C(=O)CCC1=O. The van der Waals surface area contributed by atoms with Crippen LogP contribution in [0.15, 0.2) is 30.3 Å². The zero-order valence-corrected chi connectivity index (χ0v) is 16.5. The molecule has 31 heavy (non-hydrogen) atoms. The fraction of sp³-hybridized carbons (Fsp3) is 0.368. The first-order chi connectivity index (χ1) is 14.8. The number of primary amides is 1. The zero-order valence-electron chi connectivity index (χ0n) is 16.5. The molecule has 166 valence electrons. The number of nitrogens with two attached hydrogens (primary N) is 1. The van der Waals surface area contributed by atoms with Gasteiger partial charge in [-0.3, -0.25) is 19.2 Å². The average molecular weight is 434 g/mol. The van der Waals surface area contributed by atoms with E-state index in [4.69, 9.17) is 10.5 Å². The van der Waals surface area contributed by atoms with Gasteiger partial charge in [-0.15, -0.1) is 5.06 Å². The van der Waals surface area contributed by atoms with E-state index in [9.17, 15) is 28.8 Å². The van der Waals surface area contributed by atoms with Crippen molar-refractivity contribution in [1.82, 2.24) is 15.7 Å². The summed E-state index contributed by atoms with van der Waals surface area (Å²) in [7, 11) is 0. The molecule has 1 aliphatic heterocycles. The van der Waals surface area contributed by atoms with Crippen molar-refractivity contribution in [1.29, 1.82) is 0 Å². The Morgan fingerprint density at radius 3 is 2.32 bits per heavy atom. The second kappa shape index (κ2) is 11.3. The van der Waals surface area contributed by atoms with Gasteiger partial charge in [-0.25, -0.2) is 9.59 Å². The number of hydroxylamine groups is 2. The number of hydrogen-bond donors (Lipinski definition) is 3. The predicted octanol–water partition coefficient (Wildman–Crippen LogP) is -0.730. The van der Waals surface area contributed by atoms with Crippen molar-refractivity contribution in [2.45, 2.75) is 38.3 Å². The Balaban J connectivity index is 1.85. The number of hydrogen-bond acceptors (Lipinski definition) is 8. The second-order valence-electron chi connectivity index (χ2n) is 6.53. The third-order valence-corrected chi connectivity index (χ3v) is 4.11. The summed E-state index contributed by atoms with van der Waals surface area (Å²) in [4.78, 5) is 74.7. The van der Waals surface area contributed by atoms with Gasteiger partial charge < -0.3 is 25.9 Å². The van der Waals surface area contributed by atoms with Crippen LogP contribution < -0.4 is 16.4 Å². The molecule has 5 amide bonds. The summed E-state index contributed by atoms with van der Waals surface area (Å²) in [6.07, 6.45) is -1.40. The molecule has 1 aliphatic rings. The van der Waals surface area contributed by atoms with Gasteiger partial charge in [0.05, 0.1) is 0 Å². The topological polar surface area (TPSA) is 174 Å². The molecule has 0 aromatic heterocycles. The molecule has 1 aromatic rings. The molecular formula is C19H22N4O8. The number of benzene rings is 1. The highest BCUT2D eigenvalue weighted by Gasteiger charge is 2.33. The first-order valence-electron chi connectivity index (χ1n) is 9.36. The lowest BCUT2D eigenvalue weighted by Gasteiger charge is -2.18. The van der Waals surface area contributed by atoms with Crippen LogP contribution in [0.5, 0.6) is 0 Å². The van der Waals surface area contributed by atoms with E-state index in [-0.39, 0.29) is 32.3 Å². The molecule has 1 atom stereocenters. The average Bonchev–Trinajstić information content (AvgIpc) is 3.06. The Bertz CT molecular complexity index is 842. The Kier molecular flexibility index (Phi) is 8.49. The first-order valence-corrected chi connectivity index (χ1v) is 9.36. The predicted molar refractivity (Wildman–Crippen MR) is 102 cm³/mol. The molecule has 0 aliphatic carbocycles. The highest BCUT2D eigenvalue weighted by Crippen LogP contribution is 2.11. The van der Waals surface area contributed by atoms with Crippen LogP contribution in [0.25, 0.3) is 0 Å². The van der Waals surface area contributed by atoms with E-state index in [0.717, 1.165) is 5.56 Å². The van der Waals surface area contributed by atoms with Gasteiger partial charge in [-0.2, -0.15) is 0 Å². The van der Waals surface area contributed by atoms with Gasteiger partial charge in [0.15, 0.2) is 0 Å². The Hall–Kier alpha value is -3.96. The highest BCUT2D eigenvalue weighted by atomic mass is 16.7. The van der Waals surface area contributed by atoms with Crippen LogP contribution in [0, 0.1) is 0 Å². The van der Waals surface area contributed by atoms with Gasteiger partial charge in [-0.05, 0) is 12.0 Å². The molecule has 1 heterocycles. The van der Waals surface area contributed by atoms with Crippen molar-refractivity contribution in [3.63, 3.8) is 0 Å². The van der Waals surface area contributed by atoms with E-state index in [2.05, 4.69) is 15.5 Å². The van der Waals surface area contributed by atoms with Crippen molar-refractivity contribution in [3.05, 3.63) is 35.9 Å².